The summed E-state index contributed by atoms with van der Waals surface area (Å²) in [6.45, 7) is 8.32. The molecule has 1 aliphatic rings. The molecule has 0 spiro atoms. The van der Waals surface area contributed by atoms with Crippen LogP contribution in [0.15, 0.2) is 36.5 Å². The lowest BCUT2D eigenvalue weighted by Crippen LogP contribution is -2.25. The Hall–Kier alpha value is -1.35. The number of allylic oxidation sites excluding steroid dienone is 3. The van der Waals surface area contributed by atoms with E-state index in [1.165, 1.54) is 12.7 Å². The first-order valence-electron chi connectivity index (χ1n) is 5.95. The first-order valence-corrected chi connectivity index (χ1v) is 5.95. The van der Waals surface area contributed by atoms with Gasteiger partial charge in [0, 0.05) is 13.1 Å². The van der Waals surface area contributed by atoms with E-state index in [0.29, 0.717) is 0 Å². The van der Waals surface area contributed by atoms with Gasteiger partial charge in [0.2, 0.25) is 0 Å². The van der Waals surface area contributed by atoms with Crippen LogP contribution in [0.5, 0.6) is 0 Å². The van der Waals surface area contributed by atoms with Gasteiger partial charge in [0.15, 0.2) is 0 Å². The average molecular weight is 235 g/mol. The molecule has 17 heavy (non-hydrogen) atoms. The molecule has 94 valence electrons. The molecule has 1 unspecified atom stereocenters. The number of carbonyl (C=O) groups is 1. The van der Waals surface area contributed by atoms with Crippen LogP contribution in [0.1, 0.15) is 13.3 Å². The van der Waals surface area contributed by atoms with Gasteiger partial charge in [0.05, 0.1) is 13.0 Å². The van der Waals surface area contributed by atoms with Crippen molar-refractivity contribution in [3.8, 4) is 0 Å². The van der Waals surface area contributed by atoms with Crippen molar-refractivity contribution in [1.29, 1.82) is 0 Å². The number of methoxy groups -OCH3 is 1. The number of hydrogen-bond donors (Lipinski definition) is 0. The van der Waals surface area contributed by atoms with E-state index in [1.54, 1.807) is 6.08 Å². The van der Waals surface area contributed by atoms with Gasteiger partial charge in [0.1, 0.15) is 0 Å². The lowest BCUT2D eigenvalue weighted by Gasteiger charge is -2.15. The predicted molar refractivity (Wildman–Crippen MR) is 69.7 cm³/mol. The summed E-state index contributed by atoms with van der Waals surface area (Å²) in [7, 11) is 1.45. The maximum atomic E-state index is 11.4. The van der Waals surface area contributed by atoms with E-state index in [1.807, 2.05) is 13.0 Å². The maximum Gasteiger partial charge on any atom is 0.310 e. The van der Waals surface area contributed by atoms with Crippen molar-refractivity contribution in [2.75, 3.05) is 26.7 Å². The third kappa shape index (κ3) is 4.19. The van der Waals surface area contributed by atoms with Gasteiger partial charge >= 0.3 is 5.97 Å². The SMILES string of the molecule is C=C/C=C\C(=C/C)CN1CCC(C(=O)OC)C1. The summed E-state index contributed by atoms with van der Waals surface area (Å²) >= 11 is 0. The minimum Gasteiger partial charge on any atom is -0.469 e. The lowest BCUT2D eigenvalue weighted by molar-refractivity contribution is -0.144. The average Bonchev–Trinajstić information content (AvgIpc) is 2.81. The van der Waals surface area contributed by atoms with Crippen molar-refractivity contribution in [3.63, 3.8) is 0 Å². The highest BCUT2D eigenvalue weighted by Crippen LogP contribution is 2.18. The van der Waals surface area contributed by atoms with E-state index in [0.717, 1.165) is 26.1 Å². The van der Waals surface area contributed by atoms with Gasteiger partial charge in [-0.1, -0.05) is 30.9 Å². The molecule has 1 saturated heterocycles. The first kappa shape index (κ1) is 13.7. The van der Waals surface area contributed by atoms with Crippen LogP contribution in [0.3, 0.4) is 0 Å². The van der Waals surface area contributed by atoms with E-state index >= 15 is 0 Å². The summed E-state index contributed by atoms with van der Waals surface area (Å²) in [6.07, 6.45) is 8.74. The smallest absolute Gasteiger partial charge is 0.310 e. The molecule has 3 nitrogen and oxygen atoms in total. The standard InChI is InChI=1S/C14H21NO2/c1-4-6-7-12(5-2)10-15-9-8-13(11-15)14(16)17-3/h4-7,13H,1,8-11H2,2-3H3/b7-6-,12-5+. The largest absolute Gasteiger partial charge is 0.469 e. The molecule has 0 aromatic heterocycles. The third-order valence-corrected chi connectivity index (χ3v) is 3.03. The van der Waals surface area contributed by atoms with Crippen molar-refractivity contribution < 1.29 is 9.53 Å². The zero-order valence-electron chi connectivity index (χ0n) is 10.7. The van der Waals surface area contributed by atoms with E-state index in [-0.39, 0.29) is 11.9 Å². The summed E-state index contributed by atoms with van der Waals surface area (Å²) in [4.78, 5) is 13.7. The molecule has 1 fully saturated rings. The molecule has 0 saturated carbocycles. The molecule has 0 aliphatic carbocycles. The van der Waals surface area contributed by atoms with Crippen LogP contribution in [-0.4, -0.2) is 37.6 Å². The maximum absolute atomic E-state index is 11.4. The molecular formula is C14H21NO2. The molecule has 0 aromatic carbocycles. The highest BCUT2D eigenvalue weighted by molar-refractivity contribution is 5.72. The Labute approximate surface area is 103 Å². The van der Waals surface area contributed by atoms with Gasteiger partial charge < -0.3 is 4.74 Å². The molecule has 1 aliphatic heterocycles. The second kappa shape index (κ2) is 7.07. The van der Waals surface area contributed by atoms with E-state index in [2.05, 4.69) is 23.6 Å². The van der Waals surface area contributed by atoms with Gasteiger partial charge in [-0.15, -0.1) is 0 Å². The van der Waals surface area contributed by atoms with Crippen LogP contribution < -0.4 is 0 Å². The molecule has 0 bridgehead atoms. The fourth-order valence-electron chi connectivity index (χ4n) is 2.03. The fourth-order valence-corrected chi connectivity index (χ4v) is 2.03. The molecule has 0 N–H and O–H groups in total. The molecule has 1 rings (SSSR count). The van der Waals surface area contributed by atoms with Crippen LogP contribution in [0.2, 0.25) is 0 Å². The number of rotatable bonds is 5. The molecule has 3 heteroatoms. The number of carbonyl (C=O) groups excluding carboxylic acids is 1. The molecular weight excluding hydrogens is 214 g/mol. The Morgan fingerprint density at radius 3 is 2.94 bits per heavy atom. The van der Waals surface area contributed by atoms with Gasteiger partial charge in [-0.2, -0.15) is 0 Å². The van der Waals surface area contributed by atoms with Crippen molar-refractivity contribution in [3.05, 3.63) is 36.5 Å². The number of hydrogen-bond acceptors (Lipinski definition) is 3. The quantitative estimate of drug-likeness (QED) is 0.540. The van der Waals surface area contributed by atoms with E-state index in [4.69, 9.17) is 4.74 Å². The van der Waals surface area contributed by atoms with Crippen molar-refractivity contribution in [2.45, 2.75) is 13.3 Å². The van der Waals surface area contributed by atoms with Gasteiger partial charge in [-0.05, 0) is 25.5 Å². The Kier molecular flexibility index (Phi) is 5.70. The Morgan fingerprint density at radius 1 is 1.59 bits per heavy atom. The number of likely N-dealkylation sites (tertiary alicyclic amines) is 1. The molecule has 0 aromatic rings. The normalized spacial score (nSPS) is 22.0. The van der Waals surface area contributed by atoms with Crippen molar-refractivity contribution in [2.24, 2.45) is 5.92 Å². The second-order valence-corrected chi connectivity index (χ2v) is 4.20. The zero-order chi connectivity index (χ0) is 12.7. The minimum absolute atomic E-state index is 0.0430. The van der Waals surface area contributed by atoms with Crippen molar-refractivity contribution in [1.82, 2.24) is 4.90 Å². The van der Waals surface area contributed by atoms with Crippen LogP contribution in [-0.2, 0) is 9.53 Å². The topological polar surface area (TPSA) is 29.5 Å². The third-order valence-electron chi connectivity index (χ3n) is 3.03. The Morgan fingerprint density at radius 2 is 2.35 bits per heavy atom. The number of ether oxygens (including phenoxy) is 1. The van der Waals surface area contributed by atoms with Crippen LogP contribution >= 0.6 is 0 Å². The van der Waals surface area contributed by atoms with Crippen LogP contribution in [0.25, 0.3) is 0 Å². The molecule has 1 atom stereocenters. The van der Waals surface area contributed by atoms with E-state index < -0.39 is 0 Å². The first-order chi connectivity index (χ1) is 8.21. The highest BCUT2D eigenvalue weighted by Gasteiger charge is 2.28. The lowest BCUT2D eigenvalue weighted by atomic mass is 10.1. The Bertz CT molecular complexity index is 331. The van der Waals surface area contributed by atoms with Gasteiger partial charge in [-0.25, -0.2) is 0 Å². The number of esters is 1. The number of nitrogens with zero attached hydrogens (tertiary/aromatic N) is 1. The minimum atomic E-state index is -0.0869. The van der Waals surface area contributed by atoms with Gasteiger partial charge in [0.25, 0.3) is 0 Å². The summed E-state index contributed by atoms with van der Waals surface area (Å²) in [5.41, 5.74) is 1.25. The molecule has 0 radical (unpaired) electrons. The summed E-state index contributed by atoms with van der Waals surface area (Å²) in [6, 6.07) is 0. The summed E-state index contributed by atoms with van der Waals surface area (Å²) in [5, 5.41) is 0. The van der Waals surface area contributed by atoms with Gasteiger partial charge in [-0.3, -0.25) is 9.69 Å². The molecule has 1 heterocycles. The Balaban J connectivity index is 2.46. The summed E-state index contributed by atoms with van der Waals surface area (Å²) < 4.78 is 4.77. The second-order valence-electron chi connectivity index (χ2n) is 4.20. The predicted octanol–water partition coefficient (Wildman–Crippen LogP) is 2.17. The van der Waals surface area contributed by atoms with Crippen LogP contribution in [0.4, 0.5) is 0 Å². The summed E-state index contributed by atoms with van der Waals surface area (Å²) in [5.74, 6) is -0.0438. The zero-order valence-corrected chi connectivity index (χ0v) is 10.7. The van der Waals surface area contributed by atoms with E-state index in [9.17, 15) is 4.79 Å². The highest BCUT2D eigenvalue weighted by atomic mass is 16.5. The van der Waals surface area contributed by atoms with Crippen LogP contribution in [0, 0.1) is 5.92 Å². The monoisotopic (exact) mass is 235 g/mol. The molecule has 0 amide bonds. The fraction of sp³-hybridized carbons (Fsp3) is 0.500. The van der Waals surface area contributed by atoms with Crippen molar-refractivity contribution >= 4 is 5.97 Å².